The van der Waals surface area contributed by atoms with Gasteiger partial charge in [-0.25, -0.2) is 0 Å². The summed E-state index contributed by atoms with van der Waals surface area (Å²) in [4.78, 5) is 15.9. The molecule has 29 heavy (non-hydrogen) atoms. The third-order valence-corrected chi connectivity index (χ3v) is 5.89. The van der Waals surface area contributed by atoms with Crippen molar-refractivity contribution in [2.75, 3.05) is 40.4 Å². The molecule has 2 heterocycles. The van der Waals surface area contributed by atoms with Crippen LogP contribution in [-0.2, 0) is 20.8 Å². The molecule has 1 atom stereocenters. The van der Waals surface area contributed by atoms with E-state index in [0.717, 1.165) is 51.1 Å². The van der Waals surface area contributed by atoms with E-state index in [1.165, 1.54) is 5.56 Å². The fourth-order valence-electron chi connectivity index (χ4n) is 4.15. The van der Waals surface area contributed by atoms with Crippen LogP contribution in [0.2, 0.25) is 0 Å². The predicted octanol–water partition coefficient (Wildman–Crippen LogP) is 3.09. The molecular formula is C23H36N2O4. The SMILES string of the molecule is CC(C)Oc1ccccc1CN1CCC2(CC1)CC(OCC(=O)N(C)C)CCO2. The number of carbonyl (C=O) groups excluding carboxylic acids is 1. The molecule has 2 aliphatic heterocycles. The molecule has 1 aromatic carbocycles. The molecule has 0 N–H and O–H groups in total. The van der Waals surface area contributed by atoms with Crippen LogP contribution in [-0.4, -0.2) is 73.9 Å². The normalized spacial score (nSPS) is 22.0. The molecule has 1 amide bonds. The van der Waals surface area contributed by atoms with Crippen molar-refractivity contribution >= 4 is 5.91 Å². The number of amides is 1. The van der Waals surface area contributed by atoms with Gasteiger partial charge in [-0.15, -0.1) is 0 Å². The van der Waals surface area contributed by atoms with E-state index in [4.69, 9.17) is 14.2 Å². The van der Waals surface area contributed by atoms with Gasteiger partial charge in [-0.3, -0.25) is 9.69 Å². The van der Waals surface area contributed by atoms with Gasteiger partial charge in [0.05, 0.1) is 17.8 Å². The first kappa shape index (κ1) is 22.1. The number of likely N-dealkylation sites (N-methyl/N-ethyl adjacent to an activating group) is 1. The molecule has 2 saturated heterocycles. The van der Waals surface area contributed by atoms with E-state index in [2.05, 4.69) is 36.9 Å². The molecule has 0 aliphatic carbocycles. The van der Waals surface area contributed by atoms with Gasteiger partial charge in [-0.1, -0.05) is 18.2 Å². The van der Waals surface area contributed by atoms with Gasteiger partial charge in [0.2, 0.25) is 5.91 Å². The molecule has 6 heteroatoms. The maximum atomic E-state index is 11.8. The topological polar surface area (TPSA) is 51.2 Å². The number of nitrogens with zero attached hydrogens (tertiary/aromatic N) is 2. The Morgan fingerprint density at radius 2 is 2.00 bits per heavy atom. The Morgan fingerprint density at radius 1 is 1.28 bits per heavy atom. The molecule has 1 aromatic rings. The molecule has 1 spiro atoms. The minimum atomic E-state index is -0.103. The number of ether oxygens (including phenoxy) is 3. The molecule has 162 valence electrons. The highest BCUT2D eigenvalue weighted by atomic mass is 16.5. The molecule has 6 nitrogen and oxygen atoms in total. The second kappa shape index (κ2) is 9.92. The van der Waals surface area contributed by atoms with Crippen LogP contribution in [0.15, 0.2) is 24.3 Å². The number of benzene rings is 1. The number of hydrogen-bond acceptors (Lipinski definition) is 5. The van der Waals surface area contributed by atoms with E-state index in [9.17, 15) is 4.79 Å². The third-order valence-electron chi connectivity index (χ3n) is 5.89. The van der Waals surface area contributed by atoms with Gasteiger partial charge >= 0.3 is 0 Å². The number of piperidine rings is 1. The van der Waals surface area contributed by atoms with Crippen LogP contribution in [0.3, 0.4) is 0 Å². The Hall–Kier alpha value is -1.63. The summed E-state index contributed by atoms with van der Waals surface area (Å²) in [5.74, 6) is 0.998. The second-order valence-electron chi connectivity index (χ2n) is 8.80. The van der Waals surface area contributed by atoms with Gasteiger partial charge in [-0.05, 0) is 39.2 Å². The Balaban J connectivity index is 1.51. The van der Waals surface area contributed by atoms with Gasteiger partial charge < -0.3 is 19.1 Å². The lowest BCUT2D eigenvalue weighted by Gasteiger charge is -2.46. The average Bonchev–Trinajstić information content (AvgIpc) is 2.69. The van der Waals surface area contributed by atoms with Crippen molar-refractivity contribution in [3.63, 3.8) is 0 Å². The molecule has 2 aliphatic rings. The number of carbonyl (C=O) groups is 1. The summed E-state index contributed by atoms with van der Waals surface area (Å²) in [5, 5.41) is 0. The zero-order valence-corrected chi connectivity index (χ0v) is 18.4. The van der Waals surface area contributed by atoms with E-state index < -0.39 is 0 Å². The maximum Gasteiger partial charge on any atom is 0.248 e. The van der Waals surface area contributed by atoms with Crippen molar-refractivity contribution in [3.8, 4) is 5.75 Å². The second-order valence-corrected chi connectivity index (χ2v) is 8.80. The Morgan fingerprint density at radius 3 is 2.69 bits per heavy atom. The highest BCUT2D eigenvalue weighted by Gasteiger charge is 2.40. The van der Waals surface area contributed by atoms with Crippen molar-refractivity contribution in [1.82, 2.24) is 9.80 Å². The van der Waals surface area contributed by atoms with Gasteiger partial charge in [0.1, 0.15) is 12.4 Å². The van der Waals surface area contributed by atoms with Gasteiger partial charge in [0.15, 0.2) is 0 Å². The van der Waals surface area contributed by atoms with Crippen molar-refractivity contribution < 1.29 is 19.0 Å². The number of likely N-dealkylation sites (tertiary alicyclic amines) is 1. The molecule has 0 radical (unpaired) electrons. The molecule has 3 rings (SSSR count). The lowest BCUT2D eigenvalue weighted by atomic mass is 9.83. The molecule has 0 aromatic heterocycles. The van der Waals surface area contributed by atoms with Crippen LogP contribution in [0, 0.1) is 0 Å². The first-order valence-corrected chi connectivity index (χ1v) is 10.8. The standard InChI is InChI=1S/C23H36N2O4/c1-18(2)29-21-8-6-5-7-19(21)16-25-12-10-23(11-13-25)15-20(9-14-28-23)27-17-22(26)24(3)4/h5-8,18,20H,9-17H2,1-4H3. The van der Waals surface area contributed by atoms with Crippen LogP contribution >= 0.6 is 0 Å². The van der Waals surface area contributed by atoms with Crippen LogP contribution in [0.25, 0.3) is 0 Å². The van der Waals surface area contributed by atoms with E-state index >= 15 is 0 Å². The quantitative estimate of drug-likeness (QED) is 0.699. The van der Waals surface area contributed by atoms with Crippen molar-refractivity contribution in [1.29, 1.82) is 0 Å². The van der Waals surface area contributed by atoms with E-state index in [-0.39, 0.29) is 30.3 Å². The summed E-state index contributed by atoms with van der Waals surface area (Å²) in [6, 6.07) is 8.32. The monoisotopic (exact) mass is 404 g/mol. The van der Waals surface area contributed by atoms with Gasteiger partial charge in [0, 0.05) is 52.3 Å². The van der Waals surface area contributed by atoms with E-state index in [1.807, 2.05) is 6.07 Å². The summed E-state index contributed by atoms with van der Waals surface area (Å²) >= 11 is 0. The first-order chi connectivity index (χ1) is 13.9. The summed E-state index contributed by atoms with van der Waals surface area (Å²) in [7, 11) is 3.52. The van der Waals surface area contributed by atoms with E-state index in [1.54, 1.807) is 19.0 Å². The third kappa shape index (κ3) is 6.17. The molecule has 0 saturated carbocycles. The Labute approximate surface area is 175 Å². The van der Waals surface area contributed by atoms with Crippen molar-refractivity contribution in [2.24, 2.45) is 0 Å². The minimum absolute atomic E-state index is 0.0163. The number of rotatable bonds is 7. The summed E-state index contributed by atoms with van der Waals surface area (Å²) in [6.45, 7) is 7.90. The minimum Gasteiger partial charge on any atom is -0.491 e. The van der Waals surface area contributed by atoms with Crippen LogP contribution in [0.5, 0.6) is 5.75 Å². The average molecular weight is 405 g/mol. The fraction of sp³-hybridized carbons (Fsp3) is 0.696. The molecule has 1 unspecified atom stereocenters. The number of hydrogen-bond donors (Lipinski definition) is 0. The molecule has 0 bridgehead atoms. The zero-order valence-electron chi connectivity index (χ0n) is 18.4. The molecule has 2 fully saturated rings. The highest BCUT2D eigenvalue weighted by Crippen LogP contribution is 2.36. The largest absolute Gasteiger partial charge is 0.491 e. The van der Waals surface area contributed by atoms with Gasteiger partial charge in [0.25, 0.3) is 0 Å². The lowest BCUT2D eigenvalue weighted by Crippen LogP contribution is -2.50. The fourth-order valence-corrected chi connectivity index (χ4v) is 4.15. The van der Waals surface area contributed by atoms with Crippen molar-refractivity contribution in [3.05, 3.63) is 29.8 Å². The summed E-state index contributed by atoms with van der Waals surface area (Å²) in [6.07, 6.45) is 4.04. The van der Waals surface area contributed by atoms with Crippen LogP contribution < -0.4 is 4.74 Å². The zero-order chi connectivity index (χ0) is 20.9. The van der Waals surface area contributed by atoms with Crippen LogP contribution in [0.1, 0.15) is 45.1 Å². The van der Waals surface area contributed by atoms with Crippen molar-refractivity contribution in [2.45, 2.75) is 63.9 Å². The lowest BCUT2D eigenvalue weighted by molar-refractivity contribution is -0.162. The first-order valence-electron chi connectivity index (χ1n) is 10.8. The summed E-state index contributed by atoms with van der Waals surface area (Å²) < 4.78 is 18.1. The Kier molecular flexibility index (Phi) is 7.55. The maximum absolute atomic E-state index is 11.8. The highest BCUT2D eigenvalue weighted by molar-refractivity contribution is 5.76. The van der Waals surface area contributed by atoms with E-state index in [0.29, 0.717) is 6.61 Å². The van der Waals surface area contributed by atoms with Gasteiger partial charge in [-0.2, -0.15) is 0 Å². The van der Waals surface area contributed by atoms with Crippen LogP contribution in [0.4, 0.5) is 0 Å². The smallest absolute Gasteiger partial charge is 0.248 e. The summed E-state index contributed by atoms with van der Waals surface area (Å²) in [5.41, 5.74) is 1.14. The predicted molar refractivity (Wildman–Crippen MR) is 113 cm³/mol. The molecular weight excluding hydrogens is 368 g/mol. The Bertz CT molecular complexity index is 669. The number of para-hydroxylation sites is 1.